The second kappa shape index (κ2) is 5.11. The van der Waals surface area contributed by atoms with Crippen LogP contribution in [0.25, 0.3) is 0 Å². The van der Waals surface area contributed by atoms with Crippen LogP contribution in [0, 0.1) is 0 Å². The van der Waals surface area contributed by atoms with Gasteiger partial charge in [-0.3, -0.25) is 0 Å². The van der Waals surface area contributed by atoms with Crippen molar-refractivity contribution in [2.75, 3.05) is 0 Å². The zero-order chi connectivity index (χ0) is 13.1. The van der Waals surface area contributed by atoms with Crippen molar-refractivity contribution in [3.8, 4) is 0 Å². The maximum Gasteiger partial charge on any atom is 0.416 e. The lowest BCUT2D eigenvalue weighted by Crippen LogP contribution is -2.21. The highest BCUT2D eigenvalue weighted by Gasteiger charge is 2.32. The van der Waals surface area contributed by atoms with Crippen LogP contribution < -0.4 is 0 Å². The van der Waals surface area contributed by atoms with Crippen molar-refractivity contribution in [1.29, 1.82) is 0 Å². The minimum atomic E-state index is -4.25. The van der Waals surface area contributed by atoms with Crippen LogP contribution in [0.2, 0.25) is 0 Å². The first-order valence-corrected chi connectivity index (χ1v) is 6.01. The van der Waals surface area contributed by atoms with E-state index in [-0.39, 0.29) is 5.41 Å². The Morgan fingerprint density at radius 2 is 1.65 bits per heavy atom. The Kier molecular flexibility index (Phi) is 4.23. The van der Waals surface area contributed by atoms with Gasteiger partial charge in [0.25, 0.3) is 0 Å². The molecule has 0 heterocycles. The molecule has 1 unspecified atom stereocenters. The summed E-state index contributed by atoms with van der Waals surface area (Å²) in [4.78, 5) is 0. The molecule has 0 aliphatic heterocycles. The Morgan fingerprint density at radius 3 is 2.12 bits per heavy atom. The van der Waals surface area contributed by atoms with E-state index in [1.807, 2.05) is 13.8 Å². The van der Waals surface area contributed by atoms with E-state index in [2.05, 4.69) is 6.92 Å². The van der Waals surface area contributed by atoms with Gasteiger partial charge >= 0.3 is 6.18 Å². The average Bonchev–Trinajstić information content (AvgIpc) is 2.28. The fourth-order valence-electron chi connectivity index (χ4n) is 2.15. The molecule has 0 amide bonds. The van der Waals surface area contributed by atoms with Gasteiger partial charge in [0, 0.05) is 0 Å². The van der Waals surface area contributed by atoms with Crippen LogP contribution in [-0.4, -0.2) is 0 Å². The number of benzene rings is 1. The number of halogens is 3. The van der Waals surface area contributed by atoms with Gasteiger partial charge in [0.2, 0.25) is 0 Å². The number of rotatable bonds is 4. The minimum absolute atomic E-state index is 0.157. The van der Waals surface area contributed by atoms with Crippen LogP contribution in [0.3, 0.4) is 0 Å². The maximum absolute atomic E-state index is 12.6. The molecule has 96 valence electrons. The van der Waals surface area contributed by atoms with Crippen molar-refractivity contribution >= 4 is 0 Å². The first-order valence-electron chi connectivity index (χ1n) is 6.01. The van der Waals surface area contributed by atoms with E-state index < -0.39 is 11.7 Å². The Bertz CT molecular complexity index is 368. The molecular formula is C14H19F3. The topological polar surface area (TPSA) is 0 Å². The second-order valence-corrected chi connectivity index (χ2v) is 4.74. The summed E-state index contributed by atoms with van der Waals surface area (Å²) in [5, 5.41) is 0. The predicted octanol–water partition coefficient (Wildman–Crippen LogP) is 5.17. The van der Waals surface area contributed by atoms with E-state index >= 15 is 0 Å². The summed E-state index contributed by atoms with van der Waals surface area (Å²) in [5.74, 6) is 0. The fraction of sp³-hybridized carbons (Fsp3) is 0.571. The van der Waals surface area contributed by atoms with Crippen molar-refractivity contribution in [1.82, 2.24) is 0 Å². The van der Waals surface area contributed by atoms with Gasteiger partial charge in [0.1, 0.15) is 0 Å². The molecule has 17 heavy (non-hydrogen) atoms. The highest BCUT2D eigenvalue weighted by molar-refractivity contribution is 5.31. The van der Waals surface area contributed by atoms with Crippen molar-refractivity contribution in [3.63, 3.8) is 0 Å². The van der Waals surface area contributed by atoms with Crippen molar-refractivity contribution in [2.45, 2.75) is 51.6 Å². The molecule has 1 rings (SSSR count). The second-order valence-electron chi connectivity index (χ2n) is 4.74. The third-order valence-electron chi connectivity index (χ3n) is 3.47. The van der Waals surface area contributed by atoms with Gasteiger partial charge in [-0.05, 0) is 29.9 Å². The molecule has 0 aromatic heterocycles. The largest absolute Gasteiger partial charge is 0.416 e. The van der Waals surface area contributed by atoms with E-state index in [0.29, 0.717) is 0 Å². The highest BCUT2D eigenvalue weighted by Crippen LogP contribution is 2.36. The Morgan fingerprint density at radius 1 is 1.06 bits per heavy atom. The summed E-state index contributed by atoms with van der Waals surface area (Å²) in [6.45, 7) is 6.11. The van der Waals surface area contributed by atoms with Crippen LogP contribution in [0.15, 0.2) is 24.3 Å². The van der Waals surface area contributed by atoms with Crippen molar-refractivity contribution in [2.24, 2.45) is 0 Å². The summed E-state index contributed by atoms with van der Waals surface area (Å²) in [6, 6.07) is 5.72. The Hall–Kier alpha value is -0.990. The highest BCUT2D eigenvalue weighted by atomic mass is 19.4. The van der Waals surface area contributed by atoms with Crippen LogP contribution in [0.1, 0.15) is 51.2 Å². The quantitative estimate of drug-likeness (QED) is 0.685. The lowest BCUT2D eigenvalue weighted by Gasteiger charge is -2.29. The standard InChI is InChI=1S/C14H19F3/c1-4-9-13(3,5-2)11-7-6-8-12(10-11)14(15,16)17/h6-8,10H,4-5,9H2,1-3H3. The molecule has 0 aliphatic rings. The molecule has 1 aromatic carbocycles. The summed E-state index contributed by atoms with van der Waals surface area (Å²) in [7, 11) is 0. The van der Waals surface area contributed by atoms with E-state index in [4.69, 9.17) is 0 Å². The number of alkyl halides is 3. The molecule has 1 atom stereocenters. The van der Waals surface area contributed by atoms with E-state index in [0.717, 1.165) is 30.9 Å². The molecule has 0 spiro atoms. The molecule has 0 saturated heterocycles. The molecule has 0 aliphatic carbocycles. The van der Waals surface area contributed by atoms with Gasteiger partial charge in [-0.15, -0.1) is 0 Å². The molecule has 0 bridgehead atoms. The maximum atomic E-state index is 12.6. The first-order chi connectivity index (χ1) is 7.83. The Balaban J connectivity index is 3.14. The third-order valence-corrected chi connectivity index (χ3v) is 3.47. The SMILES string of the molecule is CCCC(C)(CC)c1cccc(C(F)(F)F)c1. The molecule has 3 heteroatoms. The van der Waals surface area contributed by atoms with Gasteiger partial charge in [0.15, 0.2) is 0 Å². The third kappa shape index (κ3) is 3.24. The van der Waals surface area contributed by atoms with Crippen LogP contribution >= 0.6 is 0 Å². The van der Waals surface area contributed by atoms with E-state index in [1.54, 1.807) is 6.07 Å². The van der Waals surface area contributed by atoms with Crippen molar-refractivity contribution < 1.29 is 13.2 Å². The monoisotopic (exact) mass is 244 g/mol. The van der Waals surface area contributed by atoms with E-state index in [9.17, 15) is 13.2 Å². The normalized spacial score (nSPS) is 15.6. The van der Waals surface area contributed by atoms with Gasteiger partial charge in [-0.25, -0.2) is 0 Å². The molecule has 1 aromatic rings. The smallest absolute Gasteiger partial charge is 0.166 e. The predicted molar refractivity (Wildman–Crippen MR) is 64.0 cm³/mol. The molecule has 0 radical (unpaired) electrons. The van der Waals surface area contributed by atoms with Crippen LogP contribution in [-0.2, 0) is 11.6 Å². The summed E-state index contributed by atoms with van der Waals surface area (Å²) >= 11 is 0. The van der Waals surface area contributed by atoms with Gasteiger partial charge in [-0.1, -0.05) is 45.4 Å². The first kappa shape index (κ1) is 14.1. The van der Waals surface area contributed by atoms with Gasteiger partial charge < -0.3 is 0 Å². The summed E-state index contributed by atoms with van der Waals surface area (Å²) in [5.41, 5.74) is 0.0816. The molecule has 0 fully saturated rings. The fourth-order valence-corrected chi connectivity index (χ4v) is 2.15. The van der Waals surface area contributed by atoms with Crippen molar-refractivity contribution in [3.05, 3.63) is 35.4 Å². The van der Waals surface area contributed by atoms with E-state index in [1.165, 1.54) is 12.1 Å². The number of hydrogen-bond acceptors (Lipinski definition) is 0. The zero-order valence-corrected chi connectivity index (χ0v) is 10.6. The molecule has 0 saturated carbocycles. The van der Waals surface area contributed by atoms with Crippen LogP contribution in [0.4, 0.5) is 13.2 Å². The summed E-state index contributed by atoms with van der Waals surface area (Å²) in [6.07, 6.45) is -1.52. The molecule has 0 N–H and O–H groups in total. The van der Waals surface area contributed by atoms with Gasteiger partial charge in [-0.2, -0.15) is 13.2 Å². The lowest BCUT2D eigenvalue weighted by molar-refractivity contribution is -0.137. The van der Waals surface area contributed by atoms with Gasteiger partial charge in [0.05, 0.1) is 5.56 Å². The lowest BCUT2D eigenvalue weighted by atomic mass is 9.76. The number of hydrogen-bond donors (Lipinski definition) is 0. The summed E-state index contributed by atoms with van der Waals surface area (Å²) < 4.78 is 37.9. The average molecular weight is 244 g/mol. The van der Waals surface area contributed by atoms with Crippen LogP contribution in [0.5, 0.6) is 0 Å². The zero-order valence-electron chi connectivity index (χ0n) is 10.6. The minimum Gasteiger partial charge on any atom is -0.166 e. The Labute approximate surface area is 101 Å². The molecular weight excluding hydrogens is 225 g/mol. The molecule has 0 nitrogen and oxygen atoms in total.